The highest BCUT2D eigenvalue weighted by Crippen LogP contribution is 2.29. The minimum absolute atomic E-state index is 0.127. The fourth-order valence-corrected chi connectivity index (χ4v) is 1.50. The number of carbonyl (C=O) groups is 1. The lowest BCUT2D eigenvalue weighted by Gasteiger charge is -2.04. The molecule has 1 amide bonds. The summed E-state index contributed by atoms with van der Waals surface area (Å²) < 4.78 is 0. The number of carbonyl (C=O) groups excluding carboxylic acids is 1. The van der Waals surface area contributed by atoms with E-state index < -0.39 is 0 Å². The number of amides is 1. The number of hydrogen-bond acceptors (Lipinski definition) is 2. The number of aromatic nitrogens is 1. The third kappa shape index (κ3) is 1.87. The fraction of sp³-hybridized carbons (Fsp3) is 0.400. The van der Waals surface area contributed by atoms with Crippen LogP contribution in [-0.4, -0.2) is 16.9 Å². The Morgan fingerprint density at radius 3 is 3.00 bits per heavy atom. The third-order valence-electron chi connectivity index (χ3n) is 2.44. The number of pyridine rings is 1. The maximum absolute atomic E-state index is 11.6. The Kier molecular flexibility index (Phi) is 2.42. The predicted molar refractivity (Wildman–Crippen MR) is 54.3 cm³/mol. The zero-order valence-corrected chi connectivity index (χ0v) is 8.58. The van der Waals surface area contributed by atoms with Gasteiger partial charge < -0.3 is 5.32 Å². The monoisotopic (exact) mass is 210 g/mol. The van der Waals surface area contributed by atoms with Gasteiger partial charge >= 0.3 is 0 Å². The molecule has 1 aromatic heterocycles. The van der Waals surface area contributed by atoms with Crippen LogP contribution in [0.2, 0.25) is 5.02 Å². The lowest BCUT2D eigenvalue weighted by molar-refractivity contribution is 0.0949. The van der Waals surface area contributed by atoms with E-state index in [9.17, 15) is 4.79 Å². The molecule has 1 N–H and O–H groups in total. The summed E-state index contributed by atoms with van der Waals surface area (Å²) >= 11 is 5.86. The van der Waals surface area contributed by atoms with Crippen molar-refractivity contribution < 1.29 is 4.79 Å². The molecule has 1 heterocycles. The second-order valence-corrected chi connectivity index (χ2v) is 4.06. The van der Waals surface area contributed by atoms with Gasteiger partial charge in [-0.15, -0.1) is 0 Å². The van der Waals surface area contributed by atoms with Crippen molar-refractivity contribution in [2.24, 2.45) is 5.92 Å². The van der Waals surface area contributed by atoms with Crippen LogP contribution in [0.5, 0.6) is 0 Å². The number of nitrogens with one attached hydrogen (secondary N) is 1. The van der Waals surface area contributed by atoms with Crippen LogP contribution in [0.25, 0.3) is 0 Å². The fourth-order valence-electron chi connectivity index (χ4n) is 1.31. The van der Waals surface area contributed by atoms with E-state index in [1.807, 2.05) is 0 Å². The Morgan fingerprint density at radius 2 is 2.43 bits per heavy atom. The average Bonchev–Trinajstić information content (AvgIpc) is 2.82. The molecular formula is C10H11ClN2O. The van der Waals surface area contributed by atoms with Crippen LogP contribution in [0.15, 0.2) is 18.5 Å². The van der Waals surface area contributed by atoms with Gasteiger partial charge in [0.25, 0.3) is 5.91 Å². The summed E-state index contributed by atoms with van der Waals surface area (Å²) in [7, 11) is 0. The normalized spacial score (nSPS) is 24.4. The van der Waals surface area contributed by atoms with Crippen LogP contribution in [0.1, 0.15) is 23.7 Å². The highest BCUT2D eigenvalue weighted by molar-refractivity contribution is 6.33. The summed E-state index contributed by atoms with van der Waals surface area (Å²) in [5.74, 6) is 0.465. The number of halogens is 1. The van der Waals surface area contributed by atoms with Crippen LogP contribution < -0.4 is 5.32 Å². The summed E-state index contributed by atoms with van der Waals surface area (Å²) in [6, 6.07) is 1.94. The molecule has 0 aromatic carbocycles. The smallest absolute Gasteiger partial charge is 0.254 e. The van der Waals surface area contributed by atoms with Crippen molar-refractivity contribution in [3.63, 3.8) is 0 Å². The molecule has 0 aliphatic heterocycles. The zero-order valence-electron chi connectivity index (χ0n) is 7.83. The molecule has 14 heavy (non-hydrogen) atoms. The van der Waals surface area contributed by atoms with Gasteiger partial charge in [-0.1, -0.05) is 18.5 Å². The van der Waals surface area contributed by atoms with E-state index in [4.69, 9.17) is 11.6 Å². The molecule has 74 valence electrons. The molecule has 1 aliphatic carbocycles. The van der Waals surface area contributed by atoms with Gasteiger partial charge in [0.2, 0.25) is 0 Å². The topological polar surface area (TPSA) is 42.0 Å². The van der Waals surface area contributed by atoms with Crippen molar-refractivity contribution in [3.05, 3.63) is 29.0 Å². The van der Waals surface area contributed by atoms with Crippen molar-refractivity contribution in [1.82, 2.24) is 10.3 Å². The van der Waals surface area contributed by atoms with Crippen LogP contribution >= 0.6 is 11.6 Å². The highest BCUT2D eigenvalue weighted by Gasteiger charge is 2.34. The van der Waals surface area contributed by atoms with Gasteiger partial charge in [-0.05, 0) is 18.4 Å². The van der Waals surface area contributed by atoms with Gasteiger partial charge in [-0.25, -0.2) is 0 Å². The minimum Gasteiger partial charge on any atom is -0.349 e. The van der Waals surface area contributed by atoms with E-state index in [2.05, 4.69) is 17.2 Å². The third-order valence-corrected chi connectivity index (χ3v) is 2.77. The van der Waals surface area contributed by atoms with Crippen LogP contribution in [-0.2, 0) is 0 Å². The molecule has 1 saturated carbocycles. The summed E-state index contributed by atoms with van der Waals surface area (Å²) in [6.07, 6.45) is 4.12. The average molecular weight is 211 g/mol. The van der Waals surface area contributed by atoms with Crippen LogP contribution in [0.3, 0.4) is 0 Å². The number of hydrogen-bond donors (Lipinski definition) is 1. The summed E-state index contributed by atoms with van der Waals surface area (Å²) in [5, 5.41) is 3.35. The molecule has 0 saturated heterocycles. The second-order valence-electron chi connectivity index (χ2n) is 3.65. The molecule has 2 atom stereocenters. The van der Waals surface area contributed by atoms with Crippen molar-refractivity contribution in [3.8, 4) is 0 Å². The lowest BCUT2D eigenvalue weighted by Crippen LogP contribution is -2.26. The van der Waals surface area contributed by atoms with Gasteiger partial charge in [0, 0.05) is 18.4 Å². The van der Waals surface area contributed by atoms with E-state index >= 15 is 0 Å². The van der Waals surface area contributed by atoms with Gasteiger partial charge in [-0.2, -0.15) is 0 Å². The Morgan fingerprint density at radius 1 is 1.71 bits per heavy atom. The first-order chi connectivity index (χ1) is 6.68. The molecule has 2 unspecified atom stereocenters. The minimum atomic E-state index is -0.127. The molecule has 0 spiro atoms. The Labute approximate surface area is 87.5 Å². The van der Waals surface area contributed by atoms with Gasteiger partial charge in [0.15, 0.2) is 0 Å². The van der Waals surface area contributed by atoms with E-state index in [1.165, 1.54) is 6.20 Å². The first-order valence-corrected chi connectivity index (χ1v) is 4.96. The molecular weight excluding hydrogens is 200 g/mol. The molecule has 1 fully saturated rings. The van der Waals surface area contributed by atoms with Gasteiger partial charge in [-0.3, -0.25) is 9.78 Å². The molecule has 0 bridgehead atoms. The van der Waals surface area contributed by atoms with Crippen molar-refractivity contribution in [2.45, 2.75) is 19.4 Å². The zero-order chi connectivity index (χ0) is 10.1. The van der Waals surface area contributed by atoms with E-state index in [0.717, 1.165) is 6.42 Å². The molecule has 1 aromatic rings. The number of rotatable bonds is 2. The molecule has 2 rings (SSSR count). The largest absolute Gasteiger partial charge is 0.349 e. The first-order valence-electron chi connectivity index (χ1n) is 4.59. The standard InChI is InChI=1S/C10H11ClN2O/c1-6-4-9(6)13-10(14)7-5-12-3-2-8(7)11/h2-3,5-6,9H,4H2,1H3,(H,13,14). The lowest BCUT2D eigenvalue weighted by atomic mass is 10.2. The molecule has 0 radical (unpaired) electrons. The van der Waals surface area contributed by atoms with Crippen LogP contribution in [0.4, 0.5) is 0 Å². The molecule has 1 aliphatic rings. The molecule has 4 heteroatoms. The quantitative estimate of drug-likeness (QED) is 0.810. The molecule has 3 nitrogen and oxygen atoms in total. The van der Waals surface area contributed by atoms with Crippen molar-refractivity contribution >= 4 is 17.5 Å². The predicted octanol–water partition coefficient (Wildman–Crippen LogP) is 1.87. The van der Waals surface area contributed by atoms with E-state index in [0.29, 0.717) is 22.5 Å². The Hall–Kier alpha value is -1.09. The SMILES string of the molecule is CC1CC1NC(=O)c1cnccc1Cl. The summed E-state index contributed by atoms with van der Waals surface area (Å²) in [4.78, 5) is 15.5. The highest BCUT2D eigenvalue weighted by atomic mass is 35.5. The van der Waals surface area contributed by atoms with Crippen molar-refractivity contribution in [2.75, 3.05) is 0 Å². The van der Waals surface area contributed by atoms with Gasteiger partial charge in [0.1, 0.15) is 0 Å². The summed E-state index contributed by atoms with van der Waals surface area (Å²) in [5.41, 5.74) is 0.452. The first kappa shape index (κ1) is 9.46. The Balaban J connectivity index is 2.07. The Bertz CT molecular complexity index is 367. The maximum Gasteiger partial charge on any atom is 0.254 e. The maximum atomic E-state index is 11.6. The summed E-state index contributed by atoms with van der Waals surface area (Å²) in [6.45, 7) is 2.11. The van der Waals surface area contributed by atoms with Crippen molar-refractivity contribution in [1.29, 1.82) is 0 Å². The van der Waals surface area contributed by atoms with Crippen LogP contribution in [0, 0.1) is 5.92 Å². The second kappa shape index (κ2) is 3.58. The number of nitrogens with zero attached hydrogens (tertiary/aromatic N) is 1. The van der Waals surface area contributed by atoms with Gasteiger partial charge in [0.05, 0.1) is 10.6 Å². The van der Waals surface area contributed by atoms with E-state index in [1.54, 1.807) is 12.3 Å². The van der Waals surface area contributed by atoms with E-state index in [-0.39, 0.29) is 5.91 Å².